The lowest BCUT2D eigenvalue weighted by atomic mass is 10.3. The van der Waals surface area contributed by atoms with Gasteiger partial charge in [-0.3, -0.25) is 0 Å². The van der Waals surface area contributed by atoms with Crippen LogP contribution in [0.1, 0.15) is 6.92 Å². The molecule has 1 aromatic carbocycles. The predicted octanol–water partition coefficient (Wildman–Crippen LogP) is 1.13. The molecule has 68 valence electrons. The summed E-state index contributed by atoms with van der Waals surface area (Å²) in [5.41, 5.74) is 0.612. The van der Waals surface area contributed by atoms with Crippen LogP contribution >= 0.6 is 0 Å². The normalized spacial score (nSPS) is 11.1. The van der Waals surface area contributed by atoms with Gasteiger partial charge in [-0.25, -0.2) is 9.73 Å². The molecule has 1 rings (SSSR count). The minimum Gasteiger partial charge on any atom is -0.249 e. The van der Waals surface area contributed by atoms with Crippen LogP contribution in [0, 0.1) is 0 Å². The minimum absolute atomic E-state index is 0.267. The highest BCUT2D eigenvalue weighted by Crippen LogP contribution is 2.10. The molecule has 0 aromatic heterocycles. The van der Waals surface area contributed by atoms with Crippen molar-refractivity contribution in [3.63, 3.8) is 0 Å². The maximum Gasteiger partial charge on any atom is 0.417 e. The summed E-state index contributed by atoms with van der Waals surface area (Å²) >= 11 is 0. The van der Waals surface area contributed by atoms with E-state index >= 15 is 0 Å². The zero-order valence-electron chi connectivity index (χ0n) is 7.18. The van der Waals surface area contributed by atoms with Gasteiger partial charge in [-0.05, 0) is 0 Å². The average Bonchev–Trinajstić information content (AvgIpc) is 2.15. The highest BCUT2D eigenvalue weighted by atomic mass is 16.8. The van der Waals surface area contributed by atoms with Gasteiger partial charge in [-0.2, -0.15) is 0 Å². The molecule has 2 N–H and O–H groups in total. The highest BCUT2D eigenvalue weighted by Gasteiger charge is 2.18. The van der Waals surface area contributed by atoms with E-state index in [4.69, 9.17) is 5.90 Å². The molecule has 0 atom stereocenters. The zero-order valence-corrected chi connectivity index (χ0v) is 7.18. The Hall–Kier alpha value is -1.75. The number of nitrogens with zero attached hydrogens (tertiary/aromatic N) is 2. The Morgan fingerprint density at radius 1 is 1.46 bits per heavy atom. The average molecular weight is 180 g/mol. The van der Waals surface area contributed by atoms with Crippen LogP contribution in [0.4, 0.5) is 5.69 Å². The van der Waals surface area contributed by atoms with Crippen molar-refractivity contribution < 1.29 is 14.4 Å². The van der Waals surface area contributed by atoms with Crippen molar-refractivity contribution in [3.05, 3.63) is 30.3 Å². The maximum atomic E-state index is 11.0. The molecule has 0 saturated heterocycles. The van der Waals surface area contributed by atoms with E-state index in [0.717, 1.165) is 4.70 Å². The second-order valence-corrected chi connectivity index (χ2v) is 2.35. The molecule has 0 saturated carbocycles. The number of amides is 1. The van der Waals surface area contributed by atoms with Gasteiger partial charge >= 0.3 is 5.91 Å². The molecule has 13 heavy (non-hydrogen) atoms. The fraction of sp³-hybridized carbons (Fsp3) is 0.125. The van der Waals surface area contributed by atoms with Crippen LogP contribution < -0.4 is 5.90 Å². The van der Waals surface area contributed by atoms with Crippen molar-refractivity contribution in [1.82, 2.24) is 0 Å². The lowest BCUT2D eigenvalue weighted by Gasteiger charge is -1.91. The molecule has 0 radical (unpaired) electrons. The summed E-state index contributed by atoms with van der Waals surface area (Å²) in [5.74, 6) is 4.48. The lowest BCUT2D eigenvalue weighted by Crippen LogP contribution is -2.11. The molecule has 0 aliphatic carbocycles. The third-order valence-electron chi connectivity index (χ3n) is 1.43. The van der Waals surface area contributed by atoms with Gasteiger partial charge in [-0.15, -0.1) is 5.90 Å². The first-order chi connectivity index (χ1) is 6.25. The number of para-hydroxylation sites is 1. The van der Waals surface area contributed by atoms with Crippen LogP contribution in [-0.4, -0.2) is 10.6 Å². The fourth-order valence-electron chi connectivity index (χ4n) is 0.903. The topological polar surface area (TPSA) is 67.7 Å². The molecule has 0 heterocycles. The van der Waals surface area contributed by atoms with E-state index in [9.17, 15) is 4.79 Å². The number of hydrogen-bond donors (Lipinski definition) is 1. The maximum absolute atomic E-state index is 11.0. The Morgan fingerprint density at radius 3 is 2.54 bits per heavy atom. The van der Waals surface area contributed by atoms with Gasteiger partial charge < -0.3 is 0 Å². The van der Waals surface area contributed by atoms with Crippen molar-refractivity contribution in [3.8, 4) is 0 Å². The summed E-state index contributed by atoms with van der Waals surface area (Å²) in [6.45, 7) is 1.37. The molecule has 1 aromatic rings. The summed E-state index contributed by atoms with van der Waals surface area (Å²) in [5, 5.41) is 3.36. The third-order valence-corrected chi connectivity index (χ3v) is 1.43. The second-order valence-electron chi connectivity index (χ2n) is 2.35. The molecular weight excluding hydrogens is 170 g/mol. The third kappa shape index (κ3) is 2.34. The highest BCUT2D eigenvalue weighted by molar-refractivity contribution is 5.66. The summed E-state index contributed by atoms with van der Waals surface area (Å²) in [4.78, 5) is 15.1. The van der Waals surface area contributed by atoms with E-state index in [2.05, 4.69) is 10.2 Å². The van der Waals surface area contributed by atoms with E-state index in [1.807, 2.05) is 6.07 Å². The van der Waals surface area contributed by atoms with Crippen LogP contribution in [0.5, 0.6) is 0 Å². The van der Waals surface area contributed by atoms with Crippen molar-refractivity contribution >= 4 is 11.6 Å². The fourth-order valence-corrected chi connectivity index (χ4v) is 0.903. The number of rotatable bonds is 2. The van der Waals surface area contributed by atoms with Crippen molar-refractivity contribution in [2.24, 2.45) is 11.2 Å². The molecule has 0 fully saturated rings. The van der Waals surface area contributed by atoms with Crippen molar-refractivity contribution in [2.75, 3.05) is 0 Å². The molecule has 5 heteroatoms. The van der Waals surface area contributed by atoms with E-state index in [1.165, 1.54) is 6.92 Å². The van der Waals surface area contributed by atoms with Gasteiger partial charge in [0.05, 0.1) is 6.92 Å². The van der Waals surface area contributed by atoms with E-state index in [1.54, 1.807) is 24.3 Å². The first-order valence-corrected chi connectivity index (χ1v) is 3.68. The van der Waals surface area contributed by atoms with Gasteiger partial charge in [-0.1, -0.05) is 18.2 Å². The van der Waals surface area contributed by atoms with E-state index in [0.29, 0.717) is 5.69 Å². The second kappa shape index (κ2) is 4.32. The molecule has 0 aliphatic heterocycles. The van der Waals surface area contributed by atoms with Crippen molar-refractivity contribution in [2.45, 2.75) is 6.92 Å². The molecule has 1 amide bonds. The number of benzene rings is 1. The van der Waals surface area contributed by atoms with Crippen LogP contribution in [0.25, 0.3) is 0 Å². The van der Waals surface area contributed by atoms with Crippen LogP contribution in [0.2, 0.25) is 0 Å². The molecule has 0 unspecified atom stereocenters. The lowest BCUT2D eigenvalue weighted by molar-refractivity contribution is -0.467. The first kappa shape index (κ1) is 9.34. The van der Waals surface area contributed by atoms with E-state index in [-0.39, 0.29) is 5.91 Å². The van der Waals surface area contributed by atoms with Gasteiger partial charge in [0.1, 0.15) is 0 Å². The molecular formula is C8H10N3O2+. The summed E-state index contributed by atoms with van der Waals surface area (Å²) in [7, 11) is 0. The van der Waals surface area contributed by atoms with Gasteiger partial charge in [0.2, 0.25) is 11.0 Å². The summed E-state index contributed by atoms with van der Waals surface area (Å²) in [6.07, 6.45) is 0. The summed E-state index contributed by atoms with van der Waals surface area (Å²) in [6, 6.07) is 8.87. The molecule has 0 bridgehead atoms. The van der Waals surface area contributed by atoms with Gasteiger partial charge in [0.15, 0.2) is 0 Å². The van der Waals surface area contributed by atoms with Gasteiger partial charge in [0.25, 0.3) is 0 Å². The monoisotopic (exact) mass is 180 g/mol. The Balaban J connectivity index is 3.03. The molecule has 0 aliphatic rings. The quantitative estimate of drug-likeness (QED) is 0.421. The van der Waals surface area contributed by atoms with E-state index < -0.39 is 0 Å². The zero-order chi connectivity index (χ0) is 9.68. The molecule has 5 nitrogen and oxygen atoms in total. The minimum atomic E-state index is -0.267. The number of carbonyl (C=O) groups excluding carboxylic acids is 1. The Labute approximate surface area is 75.3 Å². The Morgan fingerprint density at radius 2 is 2.08 bits per heavy atom. The molecule has 0 spiro atoms. The SMILES string of the molecule is CC(=O)[N+](=NON)c1ccccc1. The largest absolute Gasteiger partial charge is 0.417 e. The standard InChI is InChI=1S/C8H10N3O2/c1-7(12)11(10-13-9)8-5-3-2-4-6-8/h2-6H,9H2,1H3/q+1. The van der Waals surface area contributed by atoms with Crippen LogP contribution in [-0.2, 0) is 9.73 Å². The Bertz CT molecular complexity index is 321. The number of nitrogens with two attached hydrogens (primary N) is 1. The van der Waals surface area contributed by atoms with Gasteiger partial charge in [0, 0.05) is 16.8 Å². The number of carbonyl (C=O) groups is 1. The smallest absolute Gasteiger partial charge is 0.249 e. The van der Waals surface area contributed by atoms with Crippen LogP contribution in [0.3, 0.4) is 0 Å². The van der Waals surface area contributed by atoms with Crippen molar-refractivity contribution in [1.29, 1.82) is 0 Å². The summed E-state index contributed by atoms with van der Waals surface area (Å²) < 4.78 is 1.07. The predicted molar refractivity (Wildman–Crippen MR) is 44.7 cm³/mol. The number of hydrogen-bond acceptors (Lipinski definition) is 4. The first-order valence-electron chi connectivity index (χ1n) is 3.68. The Kier molecular flexibility index (Phi) is 3.10. The van der Waals surface area contributed by atoms with Crippen LogP contribution in [0.15, 0.2) is 35.6 Å².